The molecule has 0 aromatic heterocycles. The van der Waals surface area contributed by atoms with Crippen LogP contribution in [0.25, 0.3) is 0 Å². The van der Waals surface area contributed by atoms with Gasteiger partial charge in [-0.05, 0) is 32.0 Å². The number of amides is 1. The molecule has 1 rings (SSSR count). The highest BCUT2D eigenvalue weighted by molar-refractivity contribution is 9.09. The summed E-state index contributed by atoms with van der Waals surface area (Å²) in [6.07, 6.45) is 0. The summed E-state index contributed by atoms with van der Waals surface area (Å²) in [5, 5.41) is 1.01. The largest absolute Gasteiger partial charge is 0.335 e. The summed E-state index contributed by atoms with van der Waals surface area (Å²) in [4.78, 5) is 13.8. The van der Waals surface area contributed by atoms with E-state index in [1.165, 1.54) is 18.2 Å². The average Bonchev–Trinajstić information content (AvgIpc) is 2.28. The number of benzene rings is 1. The summed E-state index contributed by atoms with van der Waals surface area (Å²) < 4.78 is 13.6. The van der Waals surface area contributed by atoms with Gasteiger partial charge in [0.05, 0.1) is 5.56 Å². The Morgan fingerprint density at radius 2 is 2.18 bits per heavy atom. The van der Waals surface area contributed by atoms with Crippen molar-refractivity contribution in [2.24, 2.45) is 0 Å². The molecular formula is C12H14BrClFNO. The Balaban J connectivity index is 3.04. The van der Waals surface area contributed by atoms with Gasteiger partial charge in [0, 0.05) is 22.9 Å². The summed E-state index contributed by atoms with van der Waals surface area (Å²) in [5.41, 5.74) is 0.0205. The van der Waals surface area contributed by atoms with E-state index in [1.807, 2.05) is 13.8 Å². The lowest BCUT2D eigenvalue weighted by molar-refractivity contribution is 0.0714. The van der Waals surface area contributed by atoms with Crippen molar-refractivity contribution in [1.29, 1.82) is 0 Å². The number of halogens is 3. The second-order valence-electron chi connectivity index (χ2n) is 3.91. The molecule has 0 atom stereocenters. The number of carbonyl (C=O) groups is 1. The first-order valence-corrected chi connectivity index (χ1v) is 6.79. The highest BCUT2D eigenvalue weighted by Crippen LogP contribution is 2.18. The van der Waals surface area contributed by atoms with Crippen LogP contribution in [0.5, 0.6) is 0 Å². The number of rotatable bonds is 4. The highest BCUT2D eigenvalue weighted by atomic mass is 79.9. The summed E-state index contributed by atoms with van der Waals surface area (Å²) in [7, 11) is 0. The molecule has 5 heteroatoms. The zero-order chi connectivity index (χ0) is 13.0. The second kappa shape index (κ2) is 6.36. The minimum Gasteiger partial charge on any atom is -0.335 e. The van der Waals surface area contributed by atoms with E-state index in [9.17, 15) is 9.18 Å². The van der Waals surface area contributed by atoms with E-state index < -0.39 is 5.82 Å². The van der Waals surface area contributed by atoms with Crippen LogP contribution in [0.2, 0.25) is 5.02 Å². The summed E-state index contributed by atoms with van der Waals surface area (Å²) >= 11 is 9.05. The van der Waals surface area contributed by atoms with Gasteiger partial charge in [-0.3, -0.25) is 4.79 Å². The maximum atomic E-state index is 13.6. The Labute approximate surface area is 114 Å². The third kappa shape index (κ3) is 3.68. The van der Waals surface area contributed by atoms with Gasteiger partial charge >= 0.3 is 0 Å². The fraction of sp³-hybridized carbons (Fsp3) is 0.417. The van der Waals surface area contributed by atoms with Crippen molar-refractivity contribution >= 4 is 33.4 Å². The molecule has 0 N–H and O–H groups in total. The minimum atomic E-state index is -0.542. The number of alkyl halides is 1. The van der Waals surface area contributed by atoms with Crippen LogP contribution in [-0.4, -0.2) is 28.7 Å². The Kier molecular flexibility index (Phi) is 5.40. The minimum absolute atomic E-state index is 0.0124. The molecule has 94 valence electrons. The normalized spacial score (nSPS) is 10.7. The first kappa shape index (κ1) is 14.5. The molecule has 0 radical (unpaired) electrons. The van der Waals surface area contributed by atoms with E-state index in [-0.39, 0.29) is 17.5 Å². The van der Waals surface area contributed by atoms with Crippen molar-refractivity contribution in [3.05, 3.63) is 34.6 Å². The molecule has 0 aliphatic heterocycles. The Morgan fingerprint density at radius 3 is 2.71 bits per heavy atom. The van der Waals surface area contributed by atoms with Crippen LogP contribution in [0.15, 0.2) is 18.2 Å². The fourth-order valence-electron chi connectivity index (χ4n) is 1.50. The van der Waals surface area contributed by atoms with E-state index >= 15 is 0 Å². The number of carbonyl (C=O) groups excluding carboxylic acids is 1. The van der Waals surface area contributed by atoms with Crippen LogP contribution in [0.1, 0.15) is 24.2 Å². The Morgan fingerprint density at radius 1 is 1.53 bits per heavy atom. The van der Waals surface area contributed by atoms with Gasteiger partial charge in [0.2, 0.25) is 0 Å². The zero-order valence-electron chi connectivity index (χ0n) is 9.71. The maximum absolute atomic E-state index is 13.6. The molecule has 0 bridgehead atoms. The van der Waals surface area contributed by atoms with Gasteiger partial charge in [-0.15, -0.1) is 0 Å². The van der Waals surface area contributed by atoms with Gasteiger partial charge in [0.15, 0.2) is 0 Å². The second-order valence-corrected chi connectivity index (χ2v) is 5.13. The van der Waals surface area contributed by atoms with E-state index in [2.05, 4.69) is 15.9 Å². The van der Waals surface area contributed by atoms with Gasteiger partial charge in [-0.2, -0.15) is 0 Å². The molecule has 0 aliphatic carbocycles. The maximum Gasteiger partial charge on any atom is 0.257 e. The van der Waals surface area contributed by atoms with Gasteiger partial charge in [0.1, 0.15) is 5.82 Å². The quantitative estimate of drug-likeness (QED) is 0.774. The van der Waals surface area contributed by atoms with Crippen LogP contribution in [0.3, 0.4) is 0 Å². The van der Waals surface area contributed by atoms with E-state index in [1.54, 1.807) is 4.90 Å². The third-order valence-corrected chi connectivity index (χ3v) is 2.96. The molecule has 0 aliphatic rings. The highest BCUT2D eigenvalue weighted by Gasteiger charge is 2.21. The van der Waals surface area contributed by atoms with Crippen molar-refractivity contribution in [1.82, 2.24) is 4.90 Å². The monoisotopic (exact) mass is 321 g/mol. The van der Waals surface area contributed by atoms with E-state index in [0.29, 0.717) is 16.9 Å². The smallest absolute Gasteiger partial charge is 0.257 e. The molecule has 17 heavy (non-hydrogen) atoms. The molecule has 2 nitrogen and oxygen atoms in total. The van der Waals surface area contributed by atoms with Crippen molar-refractivity contribution in [3.8, 4) is 0 Å². The third-order valence-electron chi connectivity index (χ3n) is 2.37. The number of nitrogens with zero attached hydrogens (tertiary/aromatic N) is 1. The molecule has 0 saturated heterocycles. The molecule has 0 fully saturated rings. The van der Waals surface area contributed by atoms with Crippen molar-refractivity contribution < 1.29 is 9.18 Å². The molecule has 0 saturated carbocycles. The molecule has 0 unspecified atom stereocenters. The first-order chi connectivity index (χ1) is 7.97. The fourth-order valence-corrected chi connectivity index (χ4v) is 2.06. The average molecular weight is 323 g/mol. The van der Waals surface area contributed by atoms with E-state index in [0.717, 1.165) is 0 Å². The zero-order valence-corrected chi connectivity index (χ0v) is 12.1. The van der Waals surface area contributed by atoms with Crippen LogP contribution >= 0.6 is 27.5 Å². The predicted molar refractivity (Wildman–Crippen MR) is 71.4 cm³/mol. The number of hydrogen-bond acceptors (Lipinski definition) is 1. The lowest BCUT2D eigenvalue weighted by atomic mass is 10.1. The Bertz CT molecular complexity index is 411. The van der Waals surface area contributed by atoms with Crippen molar-refractivity contribution in [3.63, 3.8) is 0 Å². The van der Waals surface area contributed by atoms with Crippen LogP contribution in [0.4, 0.5) is 4.39 Å². The Hall–Kier alpha value is -0.610. The van der Waals surface area contributed by atoms with Gasteiger partial charge in [-0.25, -0.2) is 4.39 Å². The predicted octanol–water partition coefficient (Wildman–Crippen LogP) is 3.72. The van der Waals surface area contributed by atoms with Crippen LogP contribution in [-0.2, 0) is 0 Å². The molecule has 1 amide bonds. The molecule has 1 aromatic rings. The molecule has 1 aromatic carbocycles. The standard InChI is InChI=1S/C12H14BrClFNO/c1-8(2)16(6-5-13)12(17)10-7-9(14)3-4-11(10)15/h3-4,7-8H,5-6H2,1-2H3. The molecule has 0 heterocycles. The summed E-state index contributed by atoms with van der Waals surface area (Å²) in [5.74, 6) is -0.876. The lowest BCUT2D eigenvalue weighted by Crippen LogP contribution is -2.38. The lowest BCUT2D eigenvalue weighted by Gasteiger charge is -2.26. The first-order valence-electron chi connectivity index (χ1n) is 5.29. The number of hydrogen-bond donors (Lipinski definition) is 0. The van der Waals surface area contributed by atoms with Crippen LogP contribution in [0, 0.1) is 5.82 Å². The van der Waals surface area contributed by atoms with Crippen molar-refractivity contribution in [2.75, 3.05) is 11.9 Å². The van der Waals surface area contributed by atoms with Gasteiger partial charge in [0.25, 0.3) is 5.91 Å². The van der Waals surface area contributed by atoms with Crippen LogP contribution < -0.4 is 0 Å². The van der Waals surface area contributed by atoms with E-state index in [4.69, 9.17) is 11.6 Å². The summed E-state index contributed by atoms with van der Waals surface area (Å²) in [6, 6.07) is 4.02. The molecule has 0 spiro atoms. The van der Waals surface area contributed by atoms with Crippen molar-refractivity contribution in [2.45, 2.75) is 19.9 Å². The SMILES string of the molecule is CC(C)N(CCBr)C(=O)c1cc(Cl)ccc1F. The van der Waals surface area contributed by atoms with Gasteiger partial charge in [-0.1, -0.05) is 27.5 Å². The summed E-state index contributed by atoms with van der Waals surface area (Å²) in [6.45, 7) is 4.31. The van der Waals surface area contributed by atoms with Gasteiger partial charge < -0.3 is 4.90 Å². The topological polar surface area (TPSA) is 20.3 Å². The molecular weight excluding hydrogens is 308 g/mol.